The van der Waals surface area contributed by atoms with E-state index in [4.69, 9.17) is 0 Å². The summed E-state index contributed by atoms with van der Waals surface area (Å²) < 4.78 is 0. The molecule has 4 atom stereocenters. The number of hydrogen-bond donors (Lipinski definition) is 0. The molecule has 4 unspecified atom stereocenters. The van der Waals surface area contributed by atoms with Gasteiger partial charge in [0.15, 0.2) is 0 Å². The molecule has 0 saturated heterocycles. The second-order valence-electron chi connectivity index (χ2n) is 16.1. The topological polar surface area (TPSA) is 0 Å². The van der Waals surface area contributed by atoms with Gasteiger partial charge in [-0.1, -0.05) is 141 Å². The number of hydrogen-bond acceptors (Lipinski definition) is 0. The van der Waals surface area contributed by atoms with Crippen molar-refractivity contribution in [1.29, 1.82) is 0 Å². The van der Waals surface area contributed by atoms with Gasteiger partial charge in [-0.05, 0) is 41.4 Å². The molecule has 4 heteroatoms. The molecule has 2 fully saturated rings. The van der Waals surface area contributed by atoms with Crippen molar-refractivity contribution < 1.29 is 26.2 Å². The summed E-state index contributed by atoms with van der Waals surface area (Å²) in [5, 5.41) is 0. The van der Waals surface area contributed by atoms with Crippen molar-refractivity contribution in [2.24, 2.45) is 71.0 Å². The van der Waals surface area contributed by atoms with Crippen LogP contribution in [0.5, 0.6) is 0 Å². The fraction of sp³-hybridized carbons (Fsp3) is 0.861. The largest absolute Gasteiger partial charge is 3.00 e. The molecule has 2 aliphatic rings. The van der Waals surface area contributed by atoms with E-state index < -0.39 is 16.1 Å². The molecule has 2 rings (SSSR count). The van der Waals surface area contributed by atoms with Crippen molar-refractivity contribution in [3.63, 3.8) is 0 Å². The van der Waals surface area contributed by atoms with Crippen LogP contribution in [0.4, 0.5) is 0 Å². The van der Waals surface area contributed by atoms with Crippen molar-refractivity contribution in [2.75, 3.05) is 0 Å². The average molecular weight is 683 g/mol. The van der Waals surface area contributed by atoms with Crippen molar-refractivity contribution in [3.8, 4) is 0 Å². The molecule has 0 nitrogen and oxygen atoms in total. The first-order valence-electron chi connectivity index (χ1n) is 15.9. The first-order chi connectivity index (χ1) is 16.8. The second-order valence-corrected chi connectivity index (χ2v) is 25.9. The van der Waals surface area contributed by atoms with E-state index in [1.807, 2.05) is 0 Å². The summed E-state index contributed by atoms with van der Waals surface area (Å²) in [4.78, 5) is 0. The van der Waals surface area contributed by atoms with E-state index >= 15 is 0 Å². The van der Waals surface area contributed by atoms with E-state index in [-0.39, 0.29) is 43.6 Å². The Hall–Kier alpha value is 1.59. The minimum absolute atomic E-state index is 0. The molecule has 233 valence electrons. The van der Waals surface area contributed by atoms with Gasteiger partial charge in [0.25, 0.3) is 0 Å². The summed E-state index contributed by atoms with van der Waals surface area (Å²) in [6, 6.07) is 0. The van der Waals surface area contributed by atoms with Crippen LogP contribution in [0.3, 0.4) is 0 Å². The van der Waals surface area contributed by atoms with Crippen molar-refractivity contribution in [1.82, 2.24) is 0 Å². The van der Waals surface area contributed by atoms with Crippen LogP contribution >= 0.6 is 0 Å². The Bertz CT molecular complexity index is 458. The molecule has 0 heterocycles. The van der Waals surface area contributed by atoms with Gasteiger partial charge in [-0.3, -0.25) is 5.70 Å². The zero-order chi connectivity index (χ0) is 31.3. The van der Waals surface area contributed by atoms with Crippen LogP contribution in [0.25, 0.3) is 0 Å². The Balaban J connectivity index is -0.000000132. The van der Waals surface area contributed by atoms with Gasteiger partial charge >= 0.3 is 43.6 Å². The average Bonchev–Trinajstić information content (AvgIpc) is 3.02. The summed E-state index contributed by atoms with van der Waals surface area (Å²) in [7, 11) is -2.01. The molecule has 2 aliphatic carbocycles. The maximum atomic E-state index is 4.20. The van der Waals surface area contributed by atoms with Crippen LogP contribution in [-0.4, -0.2) is 33.5 Å². The molecule has 0 aromatic rings. The normalized spacial score (nSPS) is 33.2. The summed E-state index contributed by atoms with van der Waals surface area (Å²) >= 11 is 0. The molecule has 0 aromatic heterocycles. The minimum Gasteiger partial charge on any atom is -0.506 e. The first-order valence-corrected chi connectivity index (χ1v) is 23.0. The molecular weight excluding hydrogens is 607 g/mol. The summed E-state index contributed by atoms with van der Waals surface area (Å²) in [6.07, 6.45) is 0. The standard InChI is InChI=1S/C10H20.C10H19.C8H19Si2.2C4H9.Al.Zr/c2*1-6-7(2)9(4)10(5)8(6)3;1-9(2,3)7-8-10(4,5)6;2*1-4(2)3;;/h6-10H,1-5H3;6-10H,1H2,2-5H3;7H,1-6H3;2*4H,1H2,2-3H3;;/q;4*-1;2*+3. The van der Waals surface area contributed by atoms with E-state index in [0.717, 1.165) is 53.3 Å². The smallest absolute Gasteiger partial charge is 0.506 e. The Morgan fingerprint density at radius 2 is 0.700 bits per heavy atom. The minimum atomic E-state index is -1.04. The van der Waals surface area contributed by atoms with E-state index in [1.165, 1.54) is 0 Å². The summed E-state index contributed by atoms with van der Waals surface area (Å²) in [6.45, 7) is 55.1. The van der Waals surface area contributed by atoms with Crippen LogP contribution < -0.4 is 0 Å². The molecule has 0 bridgehead atoms. The van der Waals surface area contributed by atoms with Gasteiger partial charge in [-0.2, -0.15) is 17.8 Å². The molecular formula is C36H76AlSi2Zr+2. The fourth-order valence-electron chi connectivity index (χ4n) is 5.04. The molecule has 40 heavy (non-hydrogen) atoms. The van der Waals surface area contributed by atoms with Gasteiger partial charge in [-0.25, -0.2) is 0 Å². The number of rotatable bonds is 2. The van der Waals surface area contributed by atoms with Crippen LogP contribution in [0.2, 0.25) is 39.3 Å². The second kappa shape index (κ2) is 23.9. The Labute approximate surface area is 290 Å². The molecule has 0 N–H and O–H groups in total. The summed E-state index contributed by atoms with van der Waals surface area (Å²) in [5.74, 6) is 9.92. The third kappa shape index (κ3) is 25.0. The van der Waals surface area contributed by atoms with Crippen molar-refractivity contribution in [3.05, 3.63) is 32.2 Å². The van der Waals surface area contributed by atoms with Gasteiger partial charge in [0.05, 0.1) is 0 Å². The Kier molecular flexibility index (Phi) is 30.6. The van der Waals surface area contributed by atoms with Gasteiger partial charge in [-0.15, -0.1) is 8.07 Å². The van der Waals surface area contributed by atoms with Gasteiger partial charge in [0.2, 0.25) is 0 Å². The zero-order valence-electron chi connectivity index (χ0n) is 31.2. The molecule has 2 saturated carbocycles. The predicted octanol–water partition coefficient (Wildman–Crippen LogP) is 11.8. The van der Waals surface area contributed by atoms with E-state index in [9.17, 15) is 0 Å². The van der Waals surface area contributed by atoms with Crippen LogP contribution in [-0.2, 0) is 26.2 Å². The van der Waals surface area contributed by atoms with E-state index in [1.54, 1.807) is 0 Å². The predicted molar refractivity (Wildman–Crippen MR) is 192 cm³/mol. The van der Waals surface area contributed by atoms with Crippen LogP contribution in [0, 0.1) is 97.5 Å². The molecule has 0 aromatic carbocycles. The maximum Gasteiger partial charge on any atom is 3.00 e. The van der Waals surface area contributed by atoms with Gasteiger partial charge < -0.3 is 26.5 Å². The van der Waals surface area contributed by atoms with E-state index in [0.29, 0.717) is 17.8 Å². The Morgan fingerprint density at radius 1 is 0.525 bits per heavy atom. The van der Waals surface area contributed by atoms with Crippen molar-refractivity contribution in [2.45, 2.75) is 129 Å². The molecule has 0 aliphatic heterocycles. The third-order valence-electron chi connectivity index (χ3n) is 8.92. The van der Waals surface area contributed by atoms with E-state index in [2.05, 4.69) is 161 Å². The summed E-state index contributed by atoms with van der Waals surface area (Å²) in [5.41, 5.74) is 5.88. The first kappa shape index (κ1) is 51.2. The van der Waals surface area contributed by atoms with Gasteiger partial charge in [0.1, 0.15) is 0 Å². The Morgan fingerprint density at radius 3 is 0.775 bits per heavy atom. The molecule has 0 amide bonds. The monoisotopic (exact) mass is 681 g/mol. The molecule has 1 radical (unpaired) electrons. The quantitative estimate of drug-likeness (QED) is 0.201. The van der Waals surface area contributed by atoms with Crippen LogP contribution in [0.15, 0.2) is 5.70 Å². The third-order valence-corrected chi connectivity index (χ3v) is 11.2. The molecule has 0 spiro atoms. The zero-order valence-corrected chi connectivity index (χ0v) is 36.8. The van der Waals surface area contributed by atoms with Crippen LogP contribution in [0.1, 0.15) is 90.0 Å². The fourth-order valence-corrected chi connectivity index (χ4v) is 8.51. The maximum absolute atomic E-state index is 4.20. The van der Waals surface area contributed by atoms with Crippen molar-refractivity contribution >= 4 is 33.5 Å². The van der Waals surface area contributed by atoms with Gasteiger partial charge in [0, 0.05) is 8.07 Å². The SMILES string of the molecule is CC1C(C)C(C)C(C)C1C.C[Si](C)(C)[C-]=C[Si](C)(C)C.[Al+3].[CH2-]C(C)C.[CH2-]C(C)C.[CH2-]C1C(C)C(C)C(C)C1C.[Zr+3].